The van der Waals surface area contributed by atoms with E-state index < -0.39 is 5.92 Å². The number of ketones is 1. The van der Waals surface area contributed by atoms with Crippen LogP contribution in [0.15, 0.2) is 18.5 Å². The maximum atomic E-state index is 12.6. The second-order valence-corrected chi connectivity index (χ2v) is 9.49. The molecule has 4 rings (SSSR count). The van der Waals surface area contributed by atoms with Crippen LogP contribution >= 0.6 is 0 Å². The van der Waals surface area contributed by atoms with Gasteiger partial charge in [0.2, 0.25) is 0 Å². The lowest BCUT2D eigenvalue weighted by molar-refractivity contribution is -0.145. The number of hydrogen-bond acceptors (Lipinski definition) is 7. The zero-order valence-corrected chi connectivity index (χ0v) is 20.4. The minimum Gasteiger partial charge on any atom is -0.466 e. The maximum absolute atomic E-state index is 12.6. The minimum atomic E-state index is -0.502. The minimum absolute atomic E-state index is 0.185. The molecule has 34 heavy (non-hydrogen) atoms. The van der Waals surface area contributed by atoms with E-state index in [1.54, 1.807) is 26.2 Å². The van der Waals surface area contributed by atoms with E-state index in [0.717, 1.165) is 38.0 Å². The van der Waals surface area contributed by atoms with Crippen LogP contribution in [0.1, 0.15) is 98.3 Å². The second-order valence-electron chi connectivity index (χ2n) is 9.49. The molecule has 2 aromatic rings. The molecule has 2 aromatic heterocycles. The highest BCUT2D eigenvalue weighted by molar-refractivity contribution is 5.81. The first-order chi connectivity index (χ1) is 16.5. The molecule has 2 aliphatic rings. The number of carbonyl (C=O) groups is 2. The van der Waals surface area contributed by atoms with Gasteiger partial charge in [0.25, 0.3) is 0 Å². The molecule has 1 atom stereocenters. The Morgan fingerprint density at radius 3 is 2.71 bits per heavy atom. The predicted octanol–water partition coefficient (Wildman–Crippen LogP) is 4.82. The predicted molar refractivity (Wildman–Crippen MR) is 131 cm³/mol. The van der Waals surface area contributed by atoms with Gasteiger partial charge in [-0.15, -0.1) is 0 Å². The van der Waals surface area contributed by atoms with Gasteiger partial charge in [0, 0.05) is 43.0 Å². The van der Waals surface area contributed by atoms with Crippen molar-refractivity contribution in [1.29, 1.82) is 0 Å². The van der Waals surface area contributed by atoms with Crippen molar-refractivity contribution in [2.24, 2.45) is 0 Å². The number of fused-ring (bicyclic) bond motifs is 1. The number of nitrogens with one attached hydrogen (secondary N) is 1. The fourth-order valence-corrected chi connectivity index (χ4v) is 4.68. The number of pyridine rings is 1. The molecule has 3 heterocycles. The number of Topliss-reactive ketones (excluding diaryl/α,β-unsaturated/α-hetero) is 1. The summed E-state index contributed by atoms with van der Waals surface area (Å²) in [5, 5.41) is 3.45. The Morgan fingerprint density at radius 2 is 1.97 bits per heavy atom. The number of carbonyl (C=O) groups excluding carboxylic acids is 2. The molecular weight excluding hydrogens is 428 g/mol. The fraction of sp³-hybridized carbons (Fsp3) is 0.593. The van der Waals surface area contributed by atoms with Crippen molar-refractivity contribution in [2.45, 2.75) is 89.9 Å². The number of aryl methyl sites for hydroxylation is 3. The lowest BCUT2D eigenvalue weighted by Gasteiger charge is -2.20. The van der Waals surface area contributed by atoms with Crippen LogP contribution in [0.25, 0.3) is 0 Å². The number of rotatable bonds is 12. The van der Waals surface area contributed by atoms with E-state index in [0.29, 0.717) is 43.2 Å². The zero-order valence-electron chi connectivity index (χ0n) is 20.4. The number of esters is 1. The Hall–Kier alpha value is -2.83. The van der Waals surface area contributed by atoms with Crippen LogP contribution in [0.4, 0.5) is 5.82 Å². The molecule has 0 spiro atoms. The average Bonchev–Trinajstić information content (AvgIpc) is 3.68. The van der Waals surface area contributed by atoms with Crippen molar-refractivity contribution >= 4 is 17.6 Å². The summed E-state index contributed by atoms with van der Waals surface area (Å²) in [6.07, 6.45) is 12.2. The van der Waals surface area contributed by atoms with Gasteiger partial charge < -0.3 is 10.1 Å². The molecule has 182 valence electrons. The Balaban J connectivity index is 1.27. The van der Waals surface area contributed by atoms with Crippen molar-refractivity contribution < 1.29 is 14.3 Å². The number of unbranched alkanes of at least 4 members (excludes halogenated alkanes) is 1. The van der Waals surface area contributed by atoms with E-state index in [1.807, 2.05) is 0 Å². The van der Waals surface area contributed by atoms with Crippen molar-refractivity contribution in [3.05, 3.63) is 46.7 Å². The Kier molecular flexibility index (Phi) is 8.25. The molecule has 1 unspecified atom stereocenters. The molecule has 0 amide bonds. The Morgan fingerprint density at radius 1 is 1.18 bits per heavy atom. The van der Waals surface area contributed by atoms with Gasteiger partial charge in [0.1, 0.15) is 17.4 Å². The lowest BCUT2D eigenvalue weighted by atomic mass is 9.94. The van der Waals surface area contributed by atoms with Gasteiger partial charge >= 0.3 is 5.97 Å². The van der Waals surface area contributed by atoms with E-state index in [4.69, 9.17) is 9.72 Å². The van der Waals surface area contributed by atoms with E-state index >= 15 is 0 Å². The molecule has 0 radical (unpaired) electrons. The normalized spacial score (nSPS) is 15.8. The van der Waals surface area contributed by atoms with Crippen LogP contribution in [0.2, 0.25) is 0 Å². The van der Waals surface area contributed by atoms with E-state index in [2.05, 4.69) is 21.4 Å². The summed E-state index contributed by atoms with van der Waals surface area (Å²) in [6.45, 7) is 4.90. The maximum Gasteiger partial charge on any atom is 0.313 e. The summed E-state index contributed by atoms with van der Waals surface area (Å²) in [6, 6.07) is 2.39. The third kappa shape index (κ3) is 6.39. The summed E-state index contributed by atoms with van der Waals surface area (Å²) >= 11 is 0. The number of nitrogens with zero attached hydrogens (tertiary/aromatic N) is 3. The topological polar surface area (TPSA) is 94.1 Å². The number of anilines is 1. The summed E-state index contributed by atoms with van der Waals surface area (Å²) in [4.78, 5) is 38.4. The highest BCUT2D eigenvalue weighted by Gasteiger charge is 2.28. The lowest BCUT2D eigenvalue weighted by Crippen LogP contribution is -2.18. The van der Waals surface area contributed by atoms with Gasteiger partial charge in [-0.1, -0.05) is 6.07 Å². The summed E-state index contributed by atoms with van der Waals surface area (Å²) in [5.41, 5.74) is 4.72. The summed E-state index contributed by atoms with van der Waals surface area (Å²) < 4.78 is 5.23. The molecular formula is C27H36N4O3. The monoisotopic (exact) mass is 464 g/mol. The smallest absolute Gasteiger partial charge is 0.313 e. The largest absolute Gasteiger partial charge is 0.466 e. The van der Waals surface area contributed by atoms with Crippen molar-refractivity contribution in [3.8, 4) is 0 Å². The first-order valence-corrected chi connectivity index (χ1v) is 12.8. The average molecular weight is 465 g/mol. The molecule has 0 aromatic carbocycles. The molecule has 1 fully saturated rings. The molecule has 1 aliphatic carbocycles. The number of aromatic nitrogens is 3. The first kappa shape index (κ1) is 24.3. The first-order valence-electron chi connectivity index (χ1n) is 12.8. The molecule has 7 nitrogen and oxygen atoms in total. The summed E-state index contributed by atoms with van der Waals surface area (Å²) in [5.74, 6) is 1.76. The van der Waals surface area contributed by atoms with Crippen LogP contribution in [0, 0.1) is 6.92 Å². The highest BCUT2D eigenvalue weighted by Crippen LogP contribution is 2.43. The van der Waals surface area contributed by atoms with Crippen molar-refractivity contribution in [1.82, 2.24) is 15.0 Å². The van der Waals surface area contributed by atoms with Gasteiger partial charge in [-0.25, -0.2) is 15.0 Å². The van der Waals surface area contributed by atoms with Crippen LogP contribution in [-0.4, -0.2) is 39.9 Å². The SMILES string of the molecule is CCOC(=O)C(CCC(=O)CCCCc1nc2c(cc1C1CC1)CCCN2)c1cnc(C)nc1. The number of ether oxygens (including phenoxy) is 1. The van der Waals surface area contributed by atoms with Gasteiger partial charge in [-0.3, -0.25) is 9.59 Å². The van der Waals surface area contributed by atoms with E-state index in [1.165, 1.54) is 36.1 Å². The van der Waals surface area contributed by atoms with Crippen LogP contribution in [0.3, 0.4) is 0 Å². The van der Waals surface area contributed by atoms with Gasteiger partial charge in [-0.05, 0) is 82.3 Å². The highest BCUT2D eigenvalue weighted by atomic mass is 16.5. The number of hydrogen-bond donors (Lipinski definition) is 1. The molecule has 0 bridgehead atoms. The third-order valence-electron chi connectivity index (χ3n) is 6.75. The fourth-order valence-electron chi connectivity index (χ4n) is 4.68. The van der Waals surface area contributed by atoms with Gasteiger partial charge in [-0.2, -0.15) is 0 Å². The Bertz CT molecular complexity index is 1000. The molecule has 0 saturated heterocycles. The van der Waals surface area contributed by atoms with Gasteiger partial charge in [0.05, 0.1) is 12.5 Å². The zero-order chi connectivity index (χ0) is 23.9. The van der Waals surface area contributed by atoms with E-state index in [-0.39, 0.29) is 11.8 Å². The molecule has 1 saturated carbocycles. The summed E-state index contributed by atoms with van der Waals surface area (Å²) in [7, 11) is 0. The van der Waals surface area contributed by atoms with Crippen molar-refractivity contribution in [3.63, 3.8) is 0 Å². The van der Waals surface area contributed by atoms with Crippen LogP contribution in [-0.2, 0) is 27.2 Å². The second kappa shape index (κ2) is 11.5. The molecule has 1 N–H and O–H groups in total. The third-order valence-corrected chi connectivity index (χ3v) is 6.75. The van der Waals surface area contributed by atoms with Crippen LogP contribution in [0.5, 0.6) is 0 Å². The Labute approximate surface area is 202 Å². The molecule has 7 heteroatoms. The van der Waals surface area contributed by atoms with Crippen LogP contribution < -0.4 is 5.32 Å². The van der Waals surface area contributed by atoms with Gasteiger partial charge in [0.15, 0.2) is 0 Å². The quantitative estimate of drug-likeness (QED) is 0.355. The standard InChI is InChI=1S/C27H36N4O3/c1-3-34-27(33)23(21-16-29-18(2)30-17-21)13-12-22(32)8-4-5-9-25-24(19-10-11-19)15-20-7-6-14-28-26(20)31-25/h15-17,19,23H,3-14H2,1-2H3,(H,28,31). The van der Waals surface area contributed by atoms with E-state index in [9.17, 15) is 9.59 Å². The van der Waals surface area contributed by atoms with Crippen molar-refractivity contribution in [2.75, 3.05) is 18.5 Å². The molecule has 1 aliphatic heterocycles.